The van der Waals surface area contributed by atoms with Crippen LogP contribution < -0.4 is 9.80 Å². The number of benzene rings is 3. The molecule has 176 valence electrons. The van der Waals surface area contributed by atoms with Gasteiger partial charge in [-0.25, -0.2) is 0 Å². The van der Waals surface area contributed by atoms with Crippen LogP contribution in [0.15, 0.2) is 54.6 Å². The van der Waals surface area contributed by atoms with E-state index in [1.165, 1.54) is 54.7 Å². The van der Waals surface area contributed by atoms with E-state index in [-0.39, 0.29) is 0 Å². The molecule has 33 heavy (non-hydrogen) atoms. The van der Waals surface area contributed by atoms with Crippen LogP contribution in [0.3, 0.4) is 0 Å². The zero-order valence-corrected chi connectivity index (χ0v) is 25.1. The summed E-state index contributed by atoms with van der Waals surface area (Å²) in [7, 11) is -2.76. The van der Waals surface area contributed by atoms with E-state index in [1.54, 1.807) is 0 Å². The SMILES string of the molecule is Cc1cc(C)c(N2CCN(c3c(C)cc(C)cc3C)[C]2=[Ru]([Br])([Br])=[CH]c2ccccc2)c(C)c1. The molecule has 3 aromatic carbocycles. The minimum absolute atomic E-state index is 0.968. The number of hydrogen-bond donors (Lipinski definition) is 0. The Kier molecular flexibility index (Phi) is 7.25. The first kappa shape index (κ1) is 24.7. The van der Waals surface area contributed by atoms with E-state index in [0.29, 0.717) is 0 Å². The topological polar surface area (TPSA) is 6.48 Å². The van der Waals surface area contributed by atoms with E-state index in [2.05, 4.69) is 138 Å². The molecule has 1 saturated heterocycles. The van der Waals surface area contributed by atoms with Gasteiger partial charge >= 0.3 is 216 Å². The third kappa shape index (κ3) is 5.02. The van der Waals surface area contributed by atoms with Gasteiger partial charge in [0, 0.05) is 0 Å². The van der Waals surface area contributed by atoms with Gasteiger partial charge in [-0.05, 0) is 0 Å². The number of aryl methyl sites for hydroxylation is 6. The molecule has 0 unspecified atom stereocenters. The van der Waals surface area contributed by atoms with Gasteiger partial charge in [-0.2, -0.15) is 0 Å². The maximum atomic E-state index is 4.26. The van der Waals surface area contributed by atoms with Crippen molar-refractivity contribution >= 4 is 47.6 Å². The Hall–Kier alpha value is -1.42. The predicted molar refractivity (Wildman–Crippen MR) is 150 cm³/mol. The standard InChI is InChI=1S/C21H26N2.C7H6.2BrH.Ru/c1-14-9-16(3)20(17(4)10-14)22-7-8-23(13-22)21-18(5)11-15(2)12-19(21)6;1-7-5-3-2-4-6-7;;;/h9-12H,7-8H2,1-6H3;1-6H;2*1H;/q;;;;+2/p-2. The first-order valence-corrected chi connectivity index (χ1v) is 21.0. The van der Waals surface area contributed by atoms with Crippen molar-refractivity contribution in [3.05, 3.63) is 93.5 Å². The Balaban J connectivity index is 2.03. The Morgan fingerprint density at radius 1 is 0.667 bits per heavy atom. The summed E-state index contributed by atoms with van der Waals surface area (Å²) in [5.41, 5.74) is 11.9. The fourth-order valence-electron chi connectivity index (χ4n) is 5.09. The van der Waals surface area contributed by atoms with Gasteiger partial charge in [0.2, 0.25) is 0 Å². The van der Waals surface area contributed by atoms with Crippen molar-refractivity contribution < 1.29 is 9.95 Å². The molecule has 0 amide bonds. The quantitative estimate of drug-likeness (QED) is 0.268. The maximum absolute atomic E-state index is 4.26. The van der Waals surface area contributed by atoms with E-state index in [0.717, 1.165) is 13.1 Å². The van der Waals surface area contributed by atoms with E-state index in [9.17, 15) is 0 Å². The fourth-order valence-corrected chi connectivity index (χ4v) is 14.2. The van der Waals surface area contributed by atoms with Crippen molar-refractivity contribution in [2.24, 2.45) is 0 Å². The number of anilines is 2. The average molecular weight is 657 g/mol. The monoisotopic (exact) mass is 656 g/mol. The molecular weight excluding hydrogens is 625 g/mol. The molecular formula is C28H32Br2N2Ru. The second kappa shape index (κ2) is 9.68. The predicted octanol–water partition coefficient (Wildman–Crippen LogP) is 7.58. The summed E-state index contributed by atoms with van der Waals surface area (Å²) in [5, 5.41) is 0. The van der Waals surface area contributed by atoms with Crippen molar-refractivity contribution in [1.29, 1.82) is 0 Å². The van der Waals surface area contributed by atoms with Crippen LogP contribution in [0, 0.1) is 41.5 Å². The number of rotatable bonds is 3. The van der Waals surface area contributed by atoms with Crippen molar-refractivity contribution in [3.63, 3.8) is 0 Å². The molecule has 4 rings (SSSR count). The number of hydrogen-bond acceptors (Lipinski definition) is 2. The van der Waals surface area contributed by atoms with E-state index < -0.39 is 9.95 Å². The second-order valence-corrected chi connectivity index (χ2v) is 27.4. The van der Waals surface area contributed by atoms with Crippen molar-refractivity contribution in [2.45, 2.75) is 41.5 Å². The van der Waals surface area contributed by atoms with Crippen LogP contribution in [0.5, 0.6) is 0 Å². The Morgan fingerprint density at radius 2 is 1.06 bits per heavy atom. The van der Waals surface area contributed by atoms with Gasteiger partial charge in [-0.3, -0.25) is 0 Å². The molecule has 1 heterocycles. The van der Waals surface area contributed by atoms with Crippen LogP contribution in [-0.2, 0) is 9.95 Å². The van der Waals surface area contributed by atoms with Gasteiger partial charge in [0.05, 0.1) is 0 Å². The zero-order chi connectivity index (χ0) is 23.9. The van der Waals surface area contributed by atoms with Crippen LogP contribution in [0.2, 0.25) is 0 Å². The van der Waals surface area contributed by atoms with Crippen LogP contribution >= 0.6 is 27.2 Å². The average Bonchev–Trinajstić information content (AvgIpc) is 3.12. The summed E-state index contributed by atoms with van der Waals surface area (Å²) in [6.45, 7) is 15.3. The third-order valence-corrected chi connectivity index (χ3v) is 14.1. The molecule has 0 atom stereocenters. The van der Waals surface area contributed by atoms with Crippen LogP contribution in [-0.4, -0.2) is 22.1 Å². The van der Waals surface area contributed by atoms with E-state index in [4.69, 9.17) is 0 Å². The van der Waals surface area contributed by atoms with Gasteiger partial charge in [0.1, 0.15) is 0 Å². The van der Waals surface area contributed by atoms with Crippen LogP contribution in [0.25, 0.3) is 0 Å². The molecule has 5 heteroatoms. The van der Waals surface area contributed by atoms with E-state index >= 15 is 0 Å². The first-order valence-electron chi connectivity index (χ1n) is 11.2. The molecule has 1 aliphatic rings. The van der Waals surface area contributed by atoms with Gasteiger partial charge in [-0.15, -0.1) is 0 Å². The summed E-state index contributed by atoms with van der Waals surface area (Å²) in [5.74, 6) is 0. The van der Waals surface area contributed by atoms with E-state index in [1.807, 2.05) is 0 Å². The summed E-state index contributed by atoms with van der Waals surface area (Å²) < 4.78 is 3.79. The molecule has 0 radical (unpaired) electrons. The summed E-state index contributed by atoms with van der Waals surface area (Å²) in [6, 6.07) is 19.9. The molecule has 1 aliphatic heterocycles. The van der Waals surface area contributed by atoms with Gasteiger partial charge < -0.3 is 0 Å². The Bertz CT molecular complexity index is 1210. The molecule has 0 N–H and O–H groups in total. The number of nitrogens with zero attached hydrogens (tertiary/aromatic N) is 2. The molecule has 0 aromatic heterocycles. The fraction of sp³-hybridized carbons (Fsp3) is 0.286. The summed E-state index contributed by atoms with van der Waals surface area (Å²) >= 11 is 8.52. The van der Waals surface area contributed by atoms with Gasteiger partial charge in [0.25, 0.3) is 0 Å². The molecule has 0 bridgehead atoms. The molecule has 0 spiro atoms. The van der Waals surface area contributed by atoms with Crippen molar-refractivity contribution in [2.75, 3.05) is 22.9 Å². The van der Waals surface area contributed by atoms with Crippen molar-refractivity contribution in [3.8, 4) is 0 Å². The summed E-state index contributed by atoms with van der Waals surface area (Å²) in [6.07, 6.45) is 0. The summed E-state index contributed by atoms with van der Waals surface area (Å²) in [4.78, 5) is 5.13. The third-order valence-electron chi connectivity index (χ3n) is 6.05. The molecule has 0 aliphatic carbocycles. The number of halogens is 2. The first-order chi connectivity index (χ1) is 15.6. The van der Waals surface area contributed by atoms with Crippen LogP contribution in [0.4, 0.5) is 11.4 Å². The Morgan fingerprint density at radius 3 is 1.45 bits per heavy atom. The molecule has 2 nitrogen and oxygen atoms in total. The van der Waals surface area contributed by atoms with Crippen molar-refractivity contribution in [1.82, 2.24) is 0 Å². The second-order valence-electron chi connectivity index (χ2n) is 9.01. The molecule has 1 fully saturated rings. The molecule has 3 aromatic rings. The van der Waals surface area contributed by atoms with Crippen LogP contribution in [0.1, 0.15) is 38.9 Å². The normalized spacial score (nSPS) is 14.7. The van der Waals surface area contributed by atoms with Gasteiger partial charge in [-0.1, -0.05) is 0 Å². The zero-order valence-electron chi connectivity index (χ0n) is 20.2. The molecule has 0 saturated carbocycles. The Labute approximate surface area is 214 Å². The minimum atomic E-state index is -2.76. The van der Waals surface area contributed by atoms with Gasteiger partial charge in [0.15, 0.2) is 0 Å².